The second-order valence-corrected chi connectivity index (χ2v) is 4.23. The molecule has 0 radical (unpaired) electrons. The van der Waals surface area contributed by atoms with Gasteiger partial charge in [0.05, 0.1) is 12.8 Å². The first-order valence-electron chi connectivity index (χ1n) is 6.18. The Balaban J connectivity index is 1.83. The minimum absolute atomic E-state index is 0.274. The van der Waals surface area contributed by atoms with E-state index in [1.165, 1.54) is 18.7 Å². The molecule has 0 unspecified atom stereocenters. The summed E-state index contributed by atoms with van der Waals surface area (Å²) in [4.78, 5) is 27.5. The maximum Gasteiger partial charge on any atom is 0.252 e. The molecule has 0 bridgehead atoms. The quantitative estimate of drug-likeness (QED) is 0.854. The molecule has 0 aliphatic heterocycles. The molecule has 1 atom stereocenters. The lowest BCUT2D eigenvalue weighted by Crippen LogP contribution is -2.44. The molecule has 2 amide bonds. The average Bonchev–Trinajstić information content (AvgIpc) is 2.98. The van der Waals surface area contributed by atoms with Gasteiger partial charge in [-0.15, -0.1) is 0 Å². The standard InChI is InChI=1S/C14H15N3O3/c1-10(13(18)16-9-12-3-2-8-20-12)17-14(19)11-4-6-15-7-5-11/h2-8,10H,9H2,1H3,(H,16,18)(H,17,19)/t10-/m1/s1. The molecule has 2 heterocycles. The first-order chi connectivity index (χ1) is 9.66. The van der Waals surface area contributed by atoms with E-state index < -0.39 is 6.04 Å². The van der Waals surface area contributed by atoms with Crippen LogP contribution in [-0.2, 0) is 11.3 Å². The van der Waals surface area contributed by atoms with Crippen molar-refractivity contribution in [2.45, 2.75) is 19.5 Å². The van der Waals surface area contributed by atoms with E-state index in [9.17, 15) is 9.59 Å². The van der Waals surface area contributed by atoms with Gasteiger partial charge < -0.3 is 15.1 Å². The van der Waals surface area contributed by atoms with E-state index in [1.807, 2.05) is 0 Å². The highest BCUT2D eigenvalue weighted by atomic mass is 16.3. The number of nitrogens with one attached hydrogen (secondary N) is 2. The van der Waals surface area contributed by atoms with E-state index in [1.54, 1.807) is 31.2 Å². The molecule has 2 N–H and O–H groups in total. The third kappa shape index (κ3) is 3.68. The second kappa shape index (κ2) is 6.51. The normalized spacial score (nSPS) is 11.7. The van der Waals surface area contributed by atoms with Crippen LogP contribution < -0.4 is 10.6 Å². The molecular weight excluding hydrogens is 258 g/mol. The molecule has 2 rings (SSSR count). The molecule has 0 aromatic carbocycles. The number of furan rings is 1. The molecule has 0 spiro atoms. The number of amides is 2. The van der Waals surface area contributed by atoms with Gasteiger partial charge in [-0.3, -0.25) is 14.6 Å². The predicted octanol–water partition coefficient (Wildman–Crippen LogP) is 1.11. The molecule has 20 heavy (non-hydrogen) atoms. The van der Waals surface area contributed by atoms with Gasteiger partial charge in [-0.05, 0) is 31.2 Å². The fraction of sp³-hybridized carbons (Fsp3) is 0.214. The number of carbonyl (C=O) groups is 2. The summed E-state index contributed by atoms with van der Waals surface area (Å²) in [6, 6.07) is 6.05. The Morgan fingerprint density at radius 2 is 2.05 bits per heavy atom. The average molecular weight is 273 g/mol. The minimum Gasteiger partial charge on any atom is -0.467 e. The number of carbonyl (C=O) groups excluding carboxylic acids is 2. The van der Waals surface area contributed by atoms with Gasteiger partial charge in [0.1, 0.15) is 11.8 Å². The lowest BCUT2D eigenvalue weighted by atomic mass is 10.2. The molecule has 0 saturated carbocycles. The zero-order valence-electron chi connectivity index (χ0n) is 11.0. The van der Waals surface area contributed by atoms with Crippen LogP contribution in [0.5, 0.6) is 0 Å². The SMILES string of the molecule is C[C@@H](NC(=O)c1ccncc1)C(=O)NCc1ccco1. The van der Waals surface area contributed by atoms with Crippen LogP contribution in [0.2, 0.25) is 0 Å². The van der Waals surface area contributed by atoms with Gasteiger partial charge in [-0.1, -0.05) is 0 Å². The van der Waals surface area contributed by atoms with Crippen LogP contribution in [0.1, 0.15) is 23.0 Å². The Hall–Kier alpha value is -2.63. The van der Waals surface area contributed by atoms with Gasteiger partial charge in [0.25, 0.3) is 5.91 Å². The number of aromatic nitrogens is 1. The largest absolute Gasteiger partial charge is 0.467 e. The maximum atomic E-state index is 11.9. The van der Waals surface area contributed by atoms with Crippen molar-refractivity contribution >= 4 is 11.8 Å². The van der Waals surface area contributed by atoms with Crippen LogP contribution in [-0.4, -0.2) is 22.8 Å². The fourth-order valence-electron chi connectivity index (χ4n) is 1.59. The summed E-state index contributed by atoms with van der Waals surface area (Å²) in [5.74, 6) is 0.0721. The zero-order chi connectivity index (χ0) is 14.4. The summed E-state index contributed by atoms with van der Waals surface area (Å²) < 4.78 is 5.11. The molecule has 2 aromatic heterocycles. The molecule has 2 aromatic rings. The van der Waals surface area contributed by atoms with E-state index in [0.717, 1.165) is 0 Å². The van der Waals surface area contributed by atoms with Crippen molar-refractivity contribution in [1.82, 2.24) is 15.6 Å². The highest BCUT2D eigenvalue weighted by Crippen LogP contribution is 2.00. The van der Waals surface area contributed by atoms with Crippen molar-refractivity contribution < 1.29 is 14.0 Å². The molecular formula is C14H15N3O3. The fourth-order valence-corrected chi connectivity index (χ4v) is 1.59. The smallest absolute Gasteiger partial charge is 0.252 e. The van der Waals surface area contributed by atoms with Crippen LogP contribution in [0.15, 0.2) is 47.3 Å². The van der Waals surface area contributed by atoms with Crippen molar-refractivity contribution in [3.05, 3.63) is 54.2 Å². The Morgan fingerprint density at radius 3 is 2.70 bits per heavy atom. The molecule has 6 heteroatoms. The van der Waals surface area contributed by atoms with E-state index in [-0.39, 0.29) is 11.8 Å². The molecule has 0 fully saturated rings. The number of rotatable bonds is 5. The van der Waals surface area contributed by atoms with Crippen molar-refractivity contribution in [1.29, 1.82) is 0 Å². The Labute approximate surface area is 116 Å². The van der Waals surface area contributed by atoms with Gasteiger partial charge in [0.2, 0.25) is 5.91 Å². The van der Waals surface area contributed by atoms with E-state index >= 15 is 0 Å². The van der Waals surface area contributed by atoms with Crippen molar-refractivity contribution in [2.24, 2.45) is 0 Å². The number of hydrogen-bond acceptors (Lipinski definition) is 4. The van der Waals surface area contributed by atoms with Crippen LogP contribution in [0.4, 0.5) is 0 Å². The van der Waals surface area contributed by atoms with Gasteiger partial charge in [0.15, 0.2) is 0 Å². The Bertz CT molecular complexity index is 567. The van der Waals surface area contributed by atoms with E-state index in [0.29, 0.717) is 17.9 Å². The van der Waals surface area contributed by atoms with Crippen LogP contribution >= 0.6 is 0 Å². The molecule has 0 saturated heterocycles. The summed E-state index contributed by atoms with van der Waals surface area (Å²) in [5, 5.41) is 5.30. The minimum atomic E-state index is -0.634. The maximum absolute atomic E-state index is 11.9. The topological polar surface area (TPSA) is 84.2 Å². The lowest BCUT2D eigenvalue weighted by Gasteiger charge is -2.13. The summed E-state index contributed by atoms with van der Waals surface area (Å²) in [6.07, 6.45) is 4.59. The number of hydrogen-bond donors (Lipinski definition) is 2. The third-order valence-electron chi connectivity index (χ3n) is 2.70. The third-order valence-corrected chi connectivity index (χ3v) is 2.70. The second-order valence-electron chi connectivity index (χ2n) is 4.23. The summed E-state index contributed by atoms with van der Waals surface area (Å²) in [5.41, 5.74) is 0.464. The van der Waals surface area contributed by atoms with E-state index in [4.69, 9.17) is 4.42 Å². The highest BCUT2D eigenvalue weighted by molar-refractivity contribution is 5.97. The van der Waals surface area contributed by atoms with Gasteiger partial charge in [-0.2, -0.15) is 0 Å². The Morgan fingerprint density at radius 1 is 1.30 bits per heavy atom. The van der Waals surface area contributed by atoms with Crippen LogP contribution in [0.3, 0.4) is 0 Å². The van der Waals surface area contributed by atoms with Crippen molar-refractivity contribution in [2.75, 3.05) is 0 Å². The van der Waals surface area contributed by atoms with Gasteiger partial charge >= 0.3 is 0 Å². The molecule has 6 nitrogen and oxygen atoms in total. The molecule has 0 aliphatic rings. The number of nitrogens with zero attached hydrogens (tertiary/aromatic N) is 1. The lowest BCUT2D eigenvalue weighted by molar-refractivity contribution is -0.122. The van der Waals surface area contributed by atoms with Gasteiger partial charge in [0, 0.05) is 18.0 Å². The zero-order valence-corrected chi connectivity index (χ0v) is 11.0. The van der Waals surface area contributed by atoms with Gasteiger partial charge in [-0.25, -0.2) is 0 Å². The first-order valence-corrected chi connectivity index (χ1v) is 6.18. The number of pyridine rings is 1. The first kappa shape index (κ1) is 13.8. The summed E-state index contributed by atoms with van der Waals surface area (Å²) in [6.45, 7) is 1.91. The monoisotopic (exact) mass is 273 g/mol. The van der Waals surface area contributed by atoms with Crippen LogP contribution in [0, 0.1) is 0 Å². The van der Waals surface area contributed by atoms with Crippen molar-refractivity contribution in [3.63, 3.8) is 0 Å². The predicted molar refractivity (Wildman–Crippen MR) is 71.7 cm³/mol. The van der Waals surface area contributed by atoms with Crippen molar-refractivity contribution in [3.8, 4) is 0 Å². The Kier molecular flexibility index (Phi) is 4.49. The van der Waals surface area contributed by atoms with Crippen LogP contribution in [0.25, 0.3) is 0 Å². The van der Waals surface area contributed by atoms with E-state index in [2.05, 4.69) is 15.6 Å². The summed E-state index contributed by atoms with van der Waals surface area (Å²) >= 11 is 0. The highest BCUT2D eigenvalue weighted by Gasteiger charge is 2.16. The summed E-state index contributed by atoms with van der Waals surface area (Å²) in [7, 11) is 0. The molecule has 0 aliphatic carbocycles. The molecule has 104 valence electrons.